The second-order valence-electron chi connectivity index (χ2n) is 5.16. The molecule has 0 radical (unpaired) electrons. The molecule has 1 aliphatic rings. The number of amides is 1. The van der Waals surface area contributed by atoms with Gasteiger partial charge in [0.2, 0.25) is 6.10 Å². The van der Waals surface area contributed by atoms with Gasteiger partial charge in [0.05, 0.1) is 11.3 Å². The van der Waals surface area contributed by atoms with Gasteiger partial charge < -0.3 is 10.2 Å². The van der Waals surface area contributed by atoms with Crippen LogP contribution in [0.25, 0.3) is 0 Å². The van der Waals surface area contributed by atoms with Crippen LogP contribution in [0.3, 0.4) is 0 Å². The number of halogens is 1. The molecule has 0 saturated carbocycles. The third kappa shape index (κ3) is 3.56. The zero-order chi connectivity index (χ0) is 15.5. The van der Waals surface area contributed by atoms with Gasteiger partial charge >= 0.3 is 0 Å². The first-order chi connectivity index (χ1) is 9.97. The second-order valence-corrected chi connectivity index (χ2v) is 5.60. The van der Waals surface area contributed by atoms with E-state index in [0.29, 0.717) is 17.9 Å². The summed E-state index contributed by atoms with van der Waals surface area (Å²) >= 11 is 5.85. The Kier molecular flexibility index (Phi) is 4.54. The van der Waals surface area contributed by atoms with Crippen LogP contribution < -0.4 is 5.32 Å². The van der Waals surface area contributed by atoms with E-state index in [4.69, 9.17) is 22.9 Å². The normalized spacial score (nSPS) is 19.9. The minimum atomic E-state index is -0.663. The summed E-state index contributed by atoms with van der Waals surface area (Å²) < 4.78 is 0. The lowest BCUT2D eigenvalue weighted by molar-refractivity contribution is -0.132. The van der Waals surface area contributed by atoms with Crippen molar-refractivity contribution in [3.63, 3.8) is 0 Å². The fourth-order valence-corrected chi connectivity index (χ4v) is 2.04. The molecule has 21 heavy (non-hydrogen) atoms. The van der Waals surface area contributed by atoms with Gasteiger partial charge in [0, 0.05) is 11.4 Å². The van der Waals surface area contributed by atoms with Crippen molar-refractivity contribution in [2.45, 2.75) is 38.3 Å². The van der Waals surface area contributed by atoms with Gasteiger partial charge in [0.15, 0.2) is 0 Å². The molecular weight excluding hydrogens is 288 g/mol. The SMILES string of the molecule is C#C[C@](C)(CC)NC(=O)[C@@H]1CC(c2ccc(Cl)cc2)=NO1. The molecule has 0 aromatic heterocycles. The predicted octanol–water partition coefficient (Wildman–Crippen LogP) is 2.75. The lowest BCUT2D eigenvalue weighted by atomic mass is 9.99. The van der Waals surface area contributed by atoms with Crippen molar-refractivity contribution in [2.24, 2.45) is 5.16 Å². The maximum Gasteiger partial charge on any atom is 0.265 e. The molecule has 1 aliphatic heterocycles. The predicted molar refractivity (Wildman–Crippen MR) is 83.2 cm³/mol. The summed E-state index contributed by atoms with van der Waals surface area (Å²) in [6.07, 6.45) is 5.87. The molecule has 1 amide bonds. The Morgan fingerprint density at radius 2 is 2.24 bits per heavy atom. The molecule has 0 unspecified atom stereocenters. The first-order valence-corrected chi connectivity index (χ1v) is 7.13. The van der Waals surface area contributed by atoms with Crippen molar-refractivity contribution >= 4 is 23.2 Å². The highest BCUT2D eigenvalue weighted by Gasteiger charge is 2.32. The maximum atomic E-state index is 12.2. The molecule has 0 bridgehead atoms. The Bertz CT molecular complexity index is 604. The Balaban J connectivity index is 2.00. The highest BCUT2D eigenvalue weighted by atomic mass is 35.5. The topological polar surface area (TPSA) is 50.7 Å². The summed E-state index contributed by atoms with van der Waals surface area (Å²) in [5, 5.41) is 7.46. The van der Waals surface area contributed by atoms with Gasteiger partial charge in [0.1, 0.15) is 0 Å². The van der Waals surface area contributed by atoms with E-state index in [1.54, 1.807) is 19.1 Å². The molecule has 0 fully saturated rings. The van der Waals surface area contributed by atoms with Crippen LogP contribution in [0.15, 0.2) is 29.4 Å². The van der Waals surface area contributed by atoms with E-state index < -0.39 is 11.6 Å². The third-order valence-corrected chi connectivity index (χ3v) is 3.82. The van der Waals surface area contributed by atoms with Crippen LogP contribution in [0, 0.1) is 12.3 Å². The minimum absolute atomic E-state index is 0.245. The number of benzene rings is 1. The molecule has 1 aromatic rings. The van der Waals surface area contributed by atoms with Crippen LogP contribution in [0.5, 0.6) is 0 Å². The molecule has 1 heterocycles. The van der Waals surface area contributed by atoms with Crippen molar-refractivity contribution in [3.05, 3.63) is 34.9 Å². The molecule has 5 heteroatoms. The number of carbonyl (C=O) groups excluding carboxylic acids is 1. The molecule has 0 saturated heterocycles. The minimum Gasteiger partial charge on any atom is -0.382 e. The fourth-order valence-electron chi connectivity index (χ4n) is 1.91. The lowest BCUT2D eigenvalue weighted by Crippen LogP contribution is -2.48. The highest BCUT2D eigenvalue weighted by Crippen LogP contribution is 2.19. The van der Waals surface area contributed by atoms with Gasteiger partial charge in [-0.25, -0.2) is 0 Å². The van der Waals surface area contributed by atoms with Crippen molar-refractivity contribution in [1.29, 1.82) is 0 Å². The monoisotopic (exact) mass is 304 g/mol. The molecule has 0 aliphatic carbocycles. The molecule has 1 N–H and O–H groups in total. The summed E-state index contributed by atoms with van der Waals surface area (Å²) in [5.41, 5.74) is 0.958. The Hall–Kier alpha value is -1.99. The molecule has 110 valence electrons. The fraction of sp³-hybridized carbons (Fsp3) is 0.375. The van der Waals surface area contributed by atoms with Gasteiger partial charge in [-0.2, -0.15) is 0 Å². The number of terminal acetylenes is 1. The summed E-state index contributed by atoms with van der Waals surface area (Å²) in [5.74, 6) is 2.35. The van der Waals surface area contributed by atoms with E-state index in [9.17, 15) is 4.79 Å². The zero-order valence-corrected chi connectivity index (χ0v) is 12.8. The summed E-state index contributed by atoms with van der Waals surface area (Å²) in [6, 6.07) is 7.25. The average Bonchev–Trinajstić information content (AvgIpc) is 2.98. The number of nitrogens with zero attached hydrogens (tertiary/aromatic N) is 1. The first kappa shape index (κ1) is 15.4. The van der Waals surface area contributed by atoms with Crippen LogP contribution >= 0.6 is 11.6 Å². The highest BCUT2D eigenvalue weighted by molar-refractivity contribution is 6.30. The number of carbonyl (C=O) groups is 1. The quantitative estimate of drug-likeness (QED) is 0.870. The van der Waals surface area contributed by atoms with Crippen LogP contribution in [-0.2, 0) is 9.63 Å². The van der Waals surface area contributed by atoms with E-state index in [1.165, 1.54) is 0 Å². The number of hydrogen-bond acceptors (Lipinski definition) is 3. The van der Waals surface area contributed by atoms with Crippen LogP contribution in [0.2, 0.25) is 5.02 Å². The maximum absolute atomic E-state index is 12.2. The number of hydrogen-bond donors (Lipinski definition) is 1. The Morgan fingerprint density at radius 1 is 1.57 bits per heavy atom. The third-order valence-electron chi connectivity index (χ3n) is 3.56. The lowest BCUT2D eigenvalue weighted by Gasteiger charge is -2.24. The van der Waals surface area contributed by atoms with Crippen molar-refractivity contribution in [3.8, 4) is 12.3 Å². The van der Waals surface area contributed by atoms with Crippen molar-refractivity contribution < 1.29 is 9.63 Å². The van der Waals surface area contributed by atoms with Crippen LogP contribution in [0.4, 0.5) is 0 Å². The summed E-state index contributed by atoms with van der Waals surface area (Å²) in [4.78, 5) is 17.4. The summed E-state index contributed by atoms with van der Waals surface area (Å²) in [6.45, 7) is 3.73. The van der Waals surface area contributed by atoms with Crippen LogP contribution in [0.1, 0.15) is 32.3 Å². The standard InChI is InChI=1S/C16H17ClN2O2/c1-4-16(3,5-2)18-15(20)14-10-13(19-21-14)11-6-8-12(17)9-7-11/h1,6-9,14H,5,10H2,2-3H3,(H,18,20)/t14-,16+/m0/s1. The summed E-state index contributed by atoms with van der Waals surface area (Å²) in [7, 11) is 0. The molecule has 1 aromatic carbocycles. The molecule has 4 nitrogen and oxygen atoms in total. The molecule has 2 atom stereocenters. The average molecular weight is 305 g/mol. The van der Waals surface area contributed by atoms with E-state index >= 15 is 0 Å². The largest absolute Gasteiger partial charge is 0.382 e. The second kappa shape index (κ2) is 6.19. The van der Waals surface area contributed by atoms with E-state index in [-0.39, 0.29) is 5.91 Å². The van der Waals surface area contributed by atoms with E-state index in [0.717, 1.165) is 11.3 Å². The Labute approximate surface area is 129 Å². The van der Waals surface area contributed by atoms with Crippen molar-refractivity contribution in [1.82, 2.24) is 5.32 Å². The number of rotatable bonds is 4. The number of nitrogens with one attached hydrogen (secondary N) is 1. The molecule has 0 spiro atoms. The number of oxime groups is 1. The van der Waals surface area contributed by atoms with Gasteiger partial charge in [-0.1, -0.05) is 41.7 Å². The molecule has 2 rings (SSSR count). The van der Waals surface area contributed by atoms with Gasteiger partial charge in [-0.15, -0.1) is 6.42 Å². The Morgan fingerprint density at radius 3 is 2.81 bits per heavy atom. The van der Waals surface area contributed by atoms with Crippen molar-refractivity contribution in [2.75, 3.05) is 0 Å². The smallest absolute Gasteiger partial charge is 0.265 e. The van der Waals surface area contributed by atoms with E-state index in [2.05, 4.69) is 16.4 Å². The van der Waals surface area contributed by atoms with Gasteiger partial charge in [-0.05, 0) is 31.0 Å². The van der Waals surface area contributed by atoms with Gasteiger partial charge in [-0.3, -0.25) is 4.79 Å². The zero-order valence-electron chi connectivity index (χ0n) is 12.0. The van der Waals surface area contributed by atoms with E-state index in [1.807, 2.05) is 19.1 Å². The van der Waals surface area contributed by atoms with Crippen LogP contribution in [-0.4, -0.2) is 23.3 Å². The molecular formula is C16H17ClN2O2. The first-order valence-electron chi connectivity index (χ1n) is 6.76. The van der Waals surface area contributed by atoms with Gasteiger partial charge in [0.25, 0.3) is 5.91 Å².